The number of aromatic nitrogens is 4. The van der Waals surface area contributed by atoms with Crippen molar-refractivity contribution in [3.63, 3.8) is 0 Å². The Morgan fingerprint density at radius 2 is 1.77 bits per heavy atom. The van der Waals surface area contributed by atoms with Crippen LogP contribution in [0.5, 0.6) is 17.2 Å². The van der Waals surface area contributed by atoms with E-state index in [1.165, 1.54) is 12.1 Å². The van der Waals surface area contributed by atoms with Gasteiger partial charge in [-0.3, -0.25) is 19.1 Å². The summed E-state index contributed by atoms with van der Waals surface area (Å²) in [5, 5.41) is 35.3. The van der Waals surface area contributed by atoms with Crippen molar-refractivity contribution in [2.75, 3.05) is 20.2 Å². The van der Waals surface area contributed by atoms with Gasteiger partial charge in [0.25, 0.3) is 0 Å². The molecule has 3 aromatic carbocycles. The molecule has 1 aliphatic heterocycles. The standard InChI is InChI=1S/C36H35ClN6O5/c1-21-41-42-36-24(4-3-5-28(22-6-9-25(37)10-7-22)29-18-27(48-2)12-13-31(29)43(21)36)17-34(46)39-20-35(47)38-15-14-26-11-8-23-16-32(44)33(45)19-30(23)40-26/h5-13,16,18-19,24,44-45H,3-4,14-15,17,20H2,1-2H3,(H,38,47)(H,39,46). The van der Waals surface area contributed by atoms with Crippen molar-refractivity contribution in [3.8, 4) is 22.9 Å². The molecule has 246 valence electrons. The van der Waals surface area contributed by atoms with Crippen LogP contribution < -0.4 is 15.4 Å². The van der Waals surface area contributed by atoms with Crippen LogP contribution in [0, 0.1) is 6.92 Å². The van der Waals surface area contributed by atoms with Gasteiger partial charge < -0.3 is 25.6 Å². The number of nitrogens with zero attached hydrogens (tertiary/aromatic N) is 4. The average molecular weight is 667 g/mol. The molecule has 2 aromatic heterocycles. The van der Waals surface area contributed by atoms with E-state index in [1.807, 2.05) is 54.0 Å². The lowest BCUT2D eigenvalue weighted by Gasteiger charge is -2.19. The lowest BCUT2D eigenvalue weighted by atomic mass is 9.94. The summed E-state index contributed by atoms with van der Waals surface area (Å²) in [6.07, 6.45) is 4.06. The van der Waals surface area contributed by atoms with Gasteiger partial charge in [0.15, 0.2) is 11.5 Å². The van der Waals surface area contributed by atoms with Gasteiger partial charge in [-0.15, -0.1) is 10.2 Å². The molecule has 1 atom stereocenters. The number of rotatable bonds is 9. The van der Waals surface area contributed by atoms with Gasteiger partial charge in [-0.2, -0.15) is 0 Å². The first-order valence-electron chi connectivity index (χ1n) is 15.6. The number of carbonyl (C=O) groups excluding carboxylic acids is 2. The van der Waals surface area contributed by atoms with Crippen LogP contribution >= 0.6 is 11.6 Å². The minimum absolute atomic E-state index is 0.129. The minimum Gasteiger partial charge on any atom is -0.504 e. The number of carbonyl (C=O) groups is 2. The zero-order valence-corrected chi connectivity index (χ0v) is 27.3. The Balaban J connectivity index is 1.13. The monoisotopic (exact) mass is 666 g/mol. The molecule has 11 nitrogen and oxygen atoms in total. The van der Waals surface area contributed by atoms with Crippen LogP contribution in [0.2, 0.25) is 5.02 Å². The molecule has 4 N–H and O–H groups in total. The van der Waals surface area contributed by atoms with E-state index in [9.17, 15) is 19.8 Å². The largest absolute Gasteiger partial charge is 0.504 e. The lowest BCUT2D eigenvalue weighted by molar-refractivity contribution is -0.126. The fraction of sp³-hybridized carbons (Fsp3) is 0.250. The van der Waals surface area contributed by atoms with Crippen molar-refractivity contribution in [3.05, 3.63) is 106 Å². The van der Waals surface area contributed by atoms with Crippen LogP contribution in [0.4, 0.5) is 0 Å². The first kappa shape index (κ1) is 32.5. The number of allylic oxidation sites excluding steroid dienone is 1. The van der Waals surface area contributed by atoms with E-state index in [0.717, 1.165) is 22.4 Å². The van der Waals surface area contributed by atoms with E-state index in [-0.39, 0.29) is 42.2 Å². The van der Waals surface area contributed by atoms with Gasteiger partial charge >= 0.3 is 0 Å². The lowest BCUT2D eigenvalue weighted by Crippen LogP contribution is -2.38. The molecule has 5 aromatic rings. The number of amides is 2. The number of pyridine rings is 1. The fourth-order valence-corrected chi connectivity index (χ4v) is 6.08. The summed E-state index contributed by atoms with van der Waals surface area (Å²) in [6.45, 7) is 2.03. The zero-order valence-electron chi connectivity index (χ0n) is 26.5. The summed E-state index contributed by atoms with van der Waals surface area (Å²) in [5.74, 6) is 0.780. The van der Waals surface area contributed by atoms with Crippen molar-refractivity contribution in [2.24, 2.45) is 0 Å². The Labute approximate surface area is 282 Å². The highest BCUT2D eigenvalue weighted by atomic mass is 35.5. The number of halogens is 1. The maximum absolute atomic E-state index is 13.2. The van der Waals surface area contributed by atoms with Gasteiger partial charge in [0, 0.05) is 53.0 Å². The van der Waals surface area contributed by atoms with E-state index in [1.54, 1.807) is 19.2 Å². The van der Waals surface area contributed by atoms with E-state index >= 15 is 0 Å². The second kappa shape index (κ2) is 14.1. The summed E-state index contributed by atoms with van der Waals surface area (Å²) >= 11 is 6.21. The molecule has 0 radical (unpaired) electrons. The van der Waals surface area contributed by atoms with Crippen molar-refractivity contribution in [1.82, 2.24) is 30.4 Å². The number of phenols is 2. The highest BCUT2D eigenvalue weighted by molar-refractivity contribution is 6.30. The third-order valence-corrected chi connectivity index (χ3v) is 8.65. The van der Waals surface area contributed by atoms with Gasteiger partial charge in [-0.1, -0.05) is 35.9 Å². The van der Waals surface area contributed by atoms with Crippen LogP contribution in [0.25, 0.3) is 22.2 Å². The Morgan fingerprint density at radius 1 is 0.979 bits per heavy atom. The third kappa shape index (κ3) is 7.11. The fourth-order valence-electron chi connectivity index (χ4n) is 5.95. The summed E-state index contributed by atoms with van der Waals surface area (Å²) in [7, 11) is 1.63. The molecule has 1 unspecified atom stereocenters. The summed E-state index contributed by atoms with van der Waals surface area (Å²) in [6, 6.07) is 20.0. The Hall–Kier alpha value is -5.42. The van der Waals surface area contributed by atoms with Gasteiger partial charge in [-0.25, -0.2) is 0 Å². The molecule has 0 spiro atoms. The Morgan fingerprint density at radius 3 is 2.56 bits per heavy atom. The molecule has 48 heavy (non-hydrogen) atoms. The van der Waals surface area contributed by atoms with Crippen LogP contribution in [0.1, 0.15) is 53.7 Å². The van der Waals surface area contributed by atoms with E-state index in [4.69, 9.17) is 16.3 Å². The maximum atomic E-state index is 13.2. The number of hydrogen-bond donors (Lipinski definition) is 4. The second-order valence-electron chi connectivity index (χ2n) is 11.6. The maximum Gasteiger partial charge on any atom is 0.239 e. The van der Waals surface area contributed by atoms with Crippen LogP contribution in [-0.2, 0) is 16.0 Å². The topological polar surface area (TPSA) is 151 Å². The molecular formula is C36H35ClN6O5. The van der Waals surface area contributed by atoms with E-state index in [0.29, 0.717) is 64.8 Å². The number of ether oxygens (including phenoxy) is 1. The number of hydrogen-bond acceptors (Lipinski definition) is 8. The molecule has 0 saturated carbocycles. The Bertz CT molecular complexity index is 2020. The number of methoxy groups -OCH3 is 1. The van der Waals surface area contributed by atoms with Crippen LogP contribution in [-0.4, -0.2) is 62.0 Å². The van der Waals surface area contributed by atoms with Gasteiger partial charge in [-0.05, 0) is 73.4 Å². The molecule has 0 aliphatic carbocycles. The van der Waals surface area contributed by atoms with Crippen molar-refractivity contribution in [2.45, 2.75) is 38.5 Å². The molecule has 12 heteroatoms. The van der Waals surface area contributed by atoms with Gasteiger partial charge in [0.2, 0.25) is 11.8 Å². The first-order chi connectivity index (χ1) is 23.2. The van der Waals surface area contributed by atoms with Crippen LogP contribution in [0.3, 0.4) is 0 Å². The number of phenolic OH excluding ortho intramolecular Hbond substituents is 2. The smallest absolute Gasteiger partial charge is 0.239 e. The molecule has 3 heterocycles. The number of aryl methyl sites for hydroxylation is 1. The van der Waals surface area contributed by atoms with Crippen molar-refractivity contribution >= 4 is 39.9 Å². The van der Waals surface area contributed by atoms with E-state index in [2.05, 4.69) is 31.9 Å². The summed E-state index contributed by atoms with van der Waals surface area (Å²) in [5.41, 5.74) is 5.08. The van der Waals surface area contributed by atoms with Crippen LogP contribution in [0.15, 0.2) is 72.8 Å². The molecule has 1 aliphatic rings. The number of fused-ring (bicyclic) bond motifs is 4. The minimum atomic E-state index is -0.321. The Kier molecular flexibility index (Phi) is 9.58. The molecule has 6 rings (SSSR count). The summed E-state index contributed by atoms with van der Waals surface area (Å²) < 4.78 is 7.58. The molecular weight excluding hydrogens is 632 g/mol. The van der Waals surface area contributed by atoms with Gasteiger partial charge in [0.05, 0.1) is 24.9 Å². The average Bonchev–Trinajstić information content (AvgIpc) is 3.48. The number of benzene rings is 3. The quantitative estimate of drug-likeness (QED) is 0.153. The SMILES string of the molecule is COc1ccc2c(c1)C(c1ccc(Cl)cc1)=CCCC(CC(=O)NCC(=O)NCCc1ccc3cc(O)c(O)cc3n1)c1nnc(C)n1-2. The number of nitrogens with one attached hydrogen (secondary N) is 2. The normalized spacial score (nSPS) is 14.1. The summed E-state index contributed by atoms with van der Waals surface area (Å²) in [4.78, 5) is 30.3. The first-order valence-corrected chi connectivity index (χ1v) is 16.0. The molecule has 2 amide bonds. The predicted octanol–water partition coefficient (Wildman–Crippen LogP) is 5.37. The van der Waals surface area contributed by atoms with Crippen molar-refractivity contribution < 1.29 is 24.5 Å². The predicted molar refractivity (Wildman–Crippen MR) is 183 cm³/mol. The molecule has 0 bridgehead atoms. The highest BCUT2D eigenvalue weighted by Crippen LogP contribution is 2.38. The highest BCUT2D eigenvalue weighted by Gasteiger charge is 2.27. The zero-order chi connectivity index (χ0) is 33.8. The third-order valence-electron chi connectivity index (χ3n) is 8.39. The number of aromatic hydroxyl groups is 2. The molecule has 0 saturated heterocycles. The van der Waals surface area contributed by atoms with Gasteiger partial charge in [0.1, 0.15) is 17.4 Å². The second-order valence-corrected chi connectivity index (χ2v) is 12.1. The molecule has 0 fully saturated rings. The van der Waals surface area contributed by atoms with E-state index < -0.39 is 0 Å². The van der Waals surface area contributed by atoms with Crippen molar-refractivity contribution in [1.29, 1.82) is 0 Å².